The lowest BCUT2D eigenvalue weighted by Gasteiger charge is -2.32. The third-order valence-electron chi connectivity index (χ3n) is 4.57. The average Bonchev–Trinajstić information content (AvgIpc) is 2.65. The number of hydrogen-bond donors (Lipinski definition) is 1. The number of nitrogens with one attached hydrogen (secondary N) is 1. The minimum atomic E-state index is -1.05. The van der Waals surface area contributed by atoms with Crippen molar-refractivity contribution in [2.75, 3.05) is 18.4 Å². The van der Waals surface area contributed by atoms with Gasteiger partial charge in [0.15, 0.2) is 11.6 Å². The van der Waals surface area contributed by atoms with E-state index in [4.69, 9.17) is 0 Å². The molecule has 0 spiro atoms. The Morgan fingerprint density at radius 1 is 1.08 bits per heavy atom. The Kier molecular flexibility index (Phi) is 5.30. The van der Waals surface area contributed by atoms with Crippen molar-refractivity contribution >= 4 is 17.5 Å². The second kappa shape index (κ2) is 7.64. The fourth-order valence-corrected chi connectivity index (χ4v) is 3.07. The molecule has 1 aliphatic heterocycles. The molecule has 0 saturated carbocycles. The zero-order valence-corrected chi connectivity index (χ0v) is 14.5. The lowest BCUT2D eigenvalue weighted by Crippen LogP contribution is -2.43. The van der Waals surface area contributed by atoms with Crippen molar-refractivity contribution in [1.29, 1.82) is 0 Å². The Morgan fingerprint density at radius 2 is 1.81 bits per heavy atom. The van der Waals surface area contributed by atoms with Crippen LogP contribution in [0.4, 0.5) is 14.5 Å². The maximum Gasteiger partial charge on any atom is 0.253 e. The van der Waals surface area contributed by atoms with Crippen LogP contribution in [0.3, 0.4) is 0 Å². The molecule has 136 valence electrons. The van der Waals surface area contributed by atoms with Gasteiger partial charge < -0.3 is 10.2 Å². The van der Waals surface area contributed by atoms with E-state index in [9.17, 15) is 18.4 Å². The highest BCUT2D eigenvalue weighted by atomic mass is 19.2. The van der Waals surface area contributed by atoms with Crippen LogP contribution in [-0.4, -0.2) is 29.8 Å². The van der Waals surface area contributed by atoms with Crippen molar-refractivity contribution < 1.29 is 18.4 Å². The molecule has 4 nitrogen and oxygen atoms in total. The van der Waals surface area contributed by atoms with Gasteiger partial charge in [-0.25, -0.2) is 8.78 Å². The molecular formula is C20H20F2N2O2. The van der Waals surface area contributed by atoms with Crippen molar-refractivity contribution in [2.24, 2.45) is 5.92 Å². The number of benzene rings is 2. The smallest absolute Gasteiger partial charge is 0.253 e. The molecule has 1 fully saturated rings. The van der Waals surface area contributed by atoms with Gasteiger partial charge in [-0.15, -0.1) is 0 Å². The number of piperidine rings is 1. The van der Waals surface area contributed by atoms with Gasteiger partial charge in [-0.1, -0.05) is 17.7 Å². The lowest BCUT2D eigenvalue weighted by molar-refractivity contribution is -0.121. The van der Waals surface area contributed by atoms with Gasteiger partial charge in [0.25, 0.3) is 5.91 Å². The predicted molar refractivity (Wildman–Crippen MR) is 94.8 cm³/mol. The number of anilines is 1. The summed E-state index contributed by atoms with van der Waals surface area (Å²) >= 11 is 0. The van der Waals surface area contributed by atoms with Gasteiger partial charge in [0, 0.05) is 24.3 Å². The summed E-state index contributed by atoms with van der Waals surface area (Å²) in [6, 6.07) is 10.6. The van der Waals surface area contributed by atoms with E-state index < -0.39 is 17.5 Å². The number of aryl methyl sites for hydroxylation is 1. The van der Waals surface area contributed by atoms with Gasteiger partial charge in [-0.3, -0.25) is 9.59 Å². The van der Waals surface area contributed by atoms with Gasteiger partial charge >= 0.3 is 0 Å². The Labute approximate surface area is 150 Å². The maximum atomic E-state index is 13.4. The molecule has 2 aromatic carbocycles. The van der Waals surface area contributed by atoms with E-state index in [0.29, 0.717) is 25.1 Å². The fraction of sp³-hybridized carbons (Fsp3) is 0.300. The molecule has 6 heteroatoms. The summed E-state index contributed by atoms with van der Waals surface area (Å²) in [7, 11) is 0. The minimum Gasteiger partial charge on any atom is -0.338 e. The molecule has 0 aromatic heterocycles. The second-order valence-electron chi connectivity index (χ2n) is 6.57. The molecule has 0 aliphatic carbocycles. The topological polar surface area (TPSA) is 49.4 Å². The van der Waals surface area contributed by atoms with Crippen molar-refractivity contribution in [3.05, 3.63) is 65.2 Å². The third-order valence-corrected chi connectivity index (χ3v) is 4.57. The minimum absolute atomic E-state index is 0.0866. The molecule has 0 unspecified atom stereocenters. The highest BCUT2D eigenvalue weighted by Crippen LogP contribution is 2.21. The summed E-state index contributed by atoms with van der Waals surface area (Å²) < 4.78 is 26.4. The van der Waals surface area contributed by atoms with Crippen molar-refractivity contribution in [3.63, 3.8) is 0 Å². The largest absolute Gasteiger partial charge is 0.338 e. The zero-order valence-electron chi connectivity index (χ0n) is 14.5. The maximum absolute atomic E-state index is 13.4. The first kappa shape index (κ1) is 18.0. The van der Waals surface area contributed by atoms with Crippen LogP contribution in [0.2, 0.25) is 0 Å². The summed E-state index contributed by atoms with van der Waals surface area (Å²) in [5.41, 5.74) is 1.90. The number of hydrogen-bond acceptors (Lipinski definition) is 2. The van der Waals surface area contributed by atoms with E-state index in [1.807, 2.05) is 31.2 Å². The predicted octanol–water partition coefficient (Wildman–Crippen LogP) is 3.76. The van der Waals surface area contributed by atoms with Crippen LogP contribution in [0.5, 0.6) is 0 Å². The summed E-state index contributed by atoms with van der Waals surface area (Å²) in [4.78, 5) is 26.6. The number of nitrogens with zero attached hydrogens (tertiary/aromatic N) is 1. The highest BCUT2D eigenvalue weighted by Gasteiger charge is 2.29. The number of amides is 2. The standard InChI is InChI=1S/C20H20F2N2O2/c1-13-4-7-16(8-5-13)23-19(25)15-3-2-10-24(12-15)20(26)14-6-9-17(21)18(22)11-14/h4-9,11,15H,2-3,10,12H2,1H3,(H,23,25)/t15-/m0/s1. The zero-order chi connectivity index (χ0) is 18.7. The summed E-state index contributed by atoms with van der Waals surface area (Å²) in [6.07, 6.45) is 1.36. The monoisotopic (exact) mass is 358 g/mol. The molecular weight excluding hydrogens is 338 g/mol. The lowest BCUT2D eigenvalue weighted by atomic mass is 9.96. The van der Waals surface area contributed by atoms with E-state index in [-0.39, 0.29) is 23.9 Å². The number of carbonyl (C=O) groups is 2. The molecule has 1 aliphatic rings. The molecule has 1 N–H and O–H groups in total. The summed E-state index contributed by atoms with van der Waals surface area (Å²) in [5.74, 6) is -2.91. The van der Waals surface area contributed by atoms with Gasteiger partial charge in [0.2, 0.25) is 5.91 Å². The number of carbonyl (C=O) groups excluding carboxylic acids is 2. The quantitative estimate of drug-likeness (QED) is 0.908. The SMILES string of the molecule is Cc1ccc(NC(=O)[C@H]2CCCN(C(=O)c3ccc(F)c(F)c3)C2)cc1. The molecule has 0 radical (unpaired) electrons. The van der Waals surface area contributed by atoms with Crippen LogP contribution >= 0.6 is 0 Å². The van der Waals surface area contributed by atoms with Crippen LogP contribution in [0, 0.1) is 24.5 Å². The number of likely N-dealkylation sites (tertiary alicyclic amines) is 1. The Bertz CT molecular complexity index is 821. The number of rotatable bonds is 3. The third kappa shape index (κ3) is 4.07. The van der Waals surface area contributed by atoms with Gasteiger partial charge in [-0.05, 0) is 50.1 Å². The van der Waals surface area contributed by atoms with Crippen LogP contribution in [0.15, 0.2) is 42.5 Å². The van der Waals surface area contributed by atoms with E-state index in [1.54, 1.807) is 0 Å². The Morgan fingerprint density at radius 3 is 2.50 bits per heavy atom. The van der Waals surface area contributed by atoms with Gasteiger partial charge in [0.05, 0.1) is 5.92 Å². The summed E-state index contributed by atoms with van der Waals surface area (Å²) in [5, 5.41) is 2.87. The first-order valence-corrected chi connectivity index (χ1v) is 8.56. The van der Waals surface area contributed by atoms with Crippen molar-refractivity contribution in [1.82, 2.24) is 4.90 Å². The van der Waals surface area contributed by atoms with Gasteiger partial charge in [0.1, 0.15) is 0 Å². The normalized spacial score (nSPS) is 17.0. The first-order chi connectivity index (χ1) is 12.4. The van der Waals surface area contributed by atoms with Crippen LogP contribution < -0.4 is 5.32 Å². The molecule has 1 atom stereocenters. The fourth-order valence-electron chi connectivity index (χ4n) is 3.07. The molecule has 2 aromatic rings. The Balaban J connectivity index is 1.66. The van der Waals surface area contributed by atoms with E-state index in [1.165, 1.54) is 11.0 Å². The summed E-state index contributed by atoms with van der Waals surface area (Å²) in [6.45, 7) is 2.72. The van der Waals surface area contributed by atoms with E-state index >= 15 is 0 Å². The first-order valence-electron chi connectivity index (χ1n) is 8.56. The molecule has 2 amide bonds. The van der Waals surface area contributed by atoms with Gasteiger partial charge in [-0.2, -0.15) is 0 Å². The molecule has 26 heavy (non-hydrogen) atoms. The van der Waals surface area contributed by atoms with Crippen LogP contribution in [-0.2, 0) is 4.79 Å². The van der Waals surface area contributed by atoms with Crippen molar-refractivity contribution in [2.45, 2.75) is 19.8 Å². The van der Waals surface area contributed by atoms with Crippen molar-refractivity contribution in [3.8, 4) is 0 Å². The van der Waals surface area contributed by atoms with E-state index in [2.05, 4.69) is 5.32 Å². The average molecular weight is 358 g/mol. The highest BCUT2D eigenvalue weighted by molar-refractivity contribution is 5.96. The molecule has 3 rings (SSSR count). The van der Waals surface area contributed by atoms with Crippen LogP contribution in [0.25, 0.3) is 0 Å². The molecule has 0 bridgehead atoms. The van der Waals surface area contributed by atoms with E-state index in [0.717, 1.165) is 17.7 Å². The molecule has 1 heterocycles. The second-order valence-corrected chi connectivity index (χ2v) is 6.57. The number of halogens is 2. The van der Waals surface area contributed by atoms with Crippen LogP contribution in [0.1, 0.15) is 28.8 Å². The Hall–Kier alpha value is -2.76. The molecule has 1 saturated heterocycles.